The van der Waals surface area contributed by atoms with Gasteiger partial charge in [-0.15, -0.1) is 0 Å². The van der Waals surface area contributed by atoms with Crippen molar-refractivity contribution in [3.63, 3.8) is 0 Å². The smallest absolute Gasteiger partial charge is 0.336 e. The predicted octanol–water partition coefficient (Wildman–Crippen LogP) is 5.21. The van der Waals surface area contributed by atoms with Gasteiger partial charge in [0.1, 0.15) is 5.75 Å². The highest BCUT2D eigenvalue weighted by atomic mass is 16.5. The van der Waals surface area contributed by atoms with E-state index >= 15 is 0 Å². The van der Waals surface area contributed by atoms with Gasteiger partial charge in [-0.25, -0.2) is 9.78 Å². The van der Waals surface area contributed by atoms with Crippen LogP contribution >= 0.6 is 0 Å². The summed E-state index contributed by atoms with van der Waals surface area (Å²) in [7, 11) is 1.62. The molecule has 26 heavy (non-hydrogen) atoms. The molecule has 0 aliphatic carbocycles. The van der Waals surface area contributed by atoms with Gasteiger partial charge in [-0.05, 0) is 59.9 Å². The van der Waals surface area contributed by atoms with Gasteiger partial charge in [-0.1, -0.05) is 26.8 Å². The summed E-state index contributed by atoms with van der Waals surface area (Å²) in [5.41, 5.74) is 4.51. The number of aromatic carboxylic acids is 1. The number of hydrogen-bond acceptors (Lipinski definition) is 3. The molecule has 0 bridgehead atoms. The lowest BCUT2D eigenvalue weighted by molar-refractivity contribution is 0.0699. The summed E-state index contributed by atoms with van der Waals surface area (Å²) >= 11 is 0. The number of nitrogens with zero attached hydrogens (tertiary/aromatic N) is 1. The fourth-order valence-corrected chi connectivity index (χ4v) is 3.06. The van der Waals surface area contributed by atoms with Crippen LogP contribution in [0, 0.1) is 6.92 Å². The van der Waals surface area contributed by atoms with E-state index in [0.29, 0.717) is 16.6 Å². The van der Waals surface area contributed by atoms with E-state index in [-0.39, 0.29) is 11.0 Å². The summed E-state index contributed by atoms with van der Waals surface area (Å²) in [4.78, 5) is 16.6. The molecule has 0 atom stereocenters. The van der Waals surface area contributed by atoms with Crippen LogP contribution < -0.4 is 4.74 Å². The molecule has 4 nitrogen and oxygen atoms in total. The van der Waals surface area contributed by atoms with E-state index < -0.39 is 5.97 Å². The van der Waals surface area contributed by atoms with Gasteiger partial charge in [0, 0.05) is 10.9 Å². The third kappa shape index (κ3) is 3.27. The lowest BCUT2D eigenvalue weighted by Gasteiger charge is -2.20. The van der Waals surface area contributed by atoms with E-state index in [1.54, 1.807) is 13.2 Å². The minimum Gasteiger partial charge on any atom is -0.497 e. The van der Waals surface area contributed by atoms with Crippen LogP contribution in [0.25, 0.3) is 22.2 Å². The molecule has 0 aliphatic heterocycles. The van der Waals surface area contributed by atoms with Crippen molar-refractivity contribution in [2.75, 3.05) is 7.11 Å². The highest BCUT2D eigenvalue weighted by molar-refractivity contribution is 6.04. The second-order valence-electron chi connectivity index (χ2n) is 7.52. The summed E-state index contributed by atoms with van der Waals surface area (Å²) in [5, 5.41) is 10.4. The lowest BCUT2D eigenvalue weighted by atomic mass is 9.86. The summed E-state index contributed by atoms with van der Waals surface area (Å²) in [6, 6.07) is 13.2. The van der Waals surface area contributed by atoms with Crippen molar-refractivity contribution < 1.29 is 14.6 Å². The van der Waals surface area contributed by atoms with Crippen molar-refractivity contribution in [3.05, 3.63) is 59.2 Å². The molecule has 0 spiro atoms. The second-order valence-corrected chi connectivity index (χ2v) is 7.52. The summed E-state index contributed by atoms with van der Waals surface area (Å²) < 4.78 is 5.25. The number of pyridine rings is 1. The predicted molar refractivity (Wildman–Crippen MR) is 104 cm³/mol. The molecule has 0 saturated heterocycles. The quantitative estimate of drug-likeness (QED) is 0.705. The third-order valence-corrected chi connectivity index (χ3v) is 4.61. The zero-order valence-corrected chi connectivity index (χ0v) is 15.8. The number of aromatic nitrogens is 1. The maximum atomic E-state index is 11.9. The zero-order chi connectivity index (χ0) is 19.1. The number of fused-ring (bicyclic) bond motifs is 1. The van der Waals surface area contributed by atoms with Gasteiger partial charge in [-0.2, -0.15) is 0 Å². The Labute approximate surface area is 153 Å². The van der Waals surface area contributed by atoms with Gasteiger partial charge < -0.3 is 9.84 Å². The van der Waals surface area contributed by atoms with Crippen molar-refractivity contribution >= 4 is 16.9 Å². The minimum atomic E-state index is -0.948. The average Bonchev–Trinajstić information content (AvgIpc) is 2.59. The first-order chi connectivity index (χ1) is 12.2. The summed E-state index contributed by atoms with van der Waals surface area (Å²) in [6.45, 7) is 8.29. The first-order valence-corrected chi connectivity index (χ1v) is 8.54. The first-order valence-electron chi connectivity index (χ1n) is 8.54. The van der Waals surface area contributed by atoms with Crippen molar-refractivity contribution in [2.45, 2.75) is 33.1 Å². The van der Waals surface area contributed by atoms with E-state index in [1.807, 2.05) is 43.3 Å². The normalized spacial score (nSPS) is 11.6. The number of hydrogen-bond donors (Lipinski definition) is 1. The largest absolute Gasteiger partial charge is 0.497 e. The van der Waals surface area contributed by atoms with Crippen LogP contribution in [-0.2, 0) is 5.41 Å². The number of benzene rings is 2. The molecular formula is C22H23NO3. The summed E-state index contributed by atoms with van der Waals surface area (Å²) in [6.07, 6.45) is 0. The van der Waals surface area contributed by atoms with Gasteiger partial charge in [-0.3, -0.25) is 0 Å². The lowest BCUT2D eigenvalue weighted by Crippen LogP contribution is -2.11. The SMILES string of the molecule is COc1ccc(-c2cc(C(=O)O)c3cc(C(C)(C)C)ccc3n2)c(C)c1. The molecule has 0 amide bonds. The Hall–Kier alpha value is -2.88. The summed E-state index contributed by atoms with van der Waals surface area (Å²) in [5.74, 6) is -0.184. The van der Waals surface area contributed by atoms with Crippen molar-refractivity contribution in [2.24, 2.45) is 0 Å². The molecule has 1 N–H and O–H groups in total. The van der Waals surface area contributed by atoms with Crippen molar-refractivity contribution in [1.82, 2.24) is 4.98 Å². The Morgan fingerprint density at radius 2 is 1.81 bits per heavy atom. The first kappa shape index (κ1) is 17.9. The van der Waals surface area contributed by atoms with E-state index in [2.05, 4.69) is 20.8 Å². The van der Waals surface area contributed by atoms with Crippen molar-refractivity contribution in [3.8, 4) is 17.0 Å². The molecule has 2 aromatic carbocycles. The van der Waals surface area contributed by atoms with Crippen LogP contribution in [0.1, 0.15) is 42.3 Å². The number of carbonyl (C=O) groups is 1. The van der Waals surface area contributed by atoms with Gasteiger partial charge in [0.25, 0.3) is 0 Å². The van der Waals surface area contributed by atoms with Crippen LogP contribution in [-0.4, -0.2) is 23.2 Å². The van der Waals surface area contributed by atoms with Crippen LogP contribution in [0.4, 0.5) is 0 Å². The number of rotatable bonds is 3. The number of carboxylic acid groups (broad SMARTS) is 1. The van der Waals surface area contributed by atoms with E-state index in [9.17, 15) is 9.90 Å². The molecule has 0 fully saturated rings. The van der Waals surface area contributed by atoms with Crippen LogP contribution in [0.2, 0.25) is 0 Å². The Kier molecular flexibility index (Phi) is 4.45. The van der Waals surface area contributed by atoms with E-state index in [0.717, 1.165) is 22.4 Å². The Morgan fingerprint density at radius 1 is 1.08 bits per heavy atom. The van der Waals surface area contributed by atoms with Gasteiger partial charge >= 0.3 is 5.97 Å². The standard InChI is InChI=1S/C22H23NO3/c1-13-10-15(26-5)7-8-16(13)20-12-18(21(24)25)17-11-14(22(2,3)4)6-9-19(17)23-20/h6-12H,1-5H3,(H,24,25). The van der Waals surface area contributed by atoms with Gasteiger partial charge in [0.2, 0.25) is 0 Å². The molecule has 3 rings (SSSR count). The molecule has 4 heteroatoms. The number of ether oxygens (including phenoxy) is 1. The maximum absolute atomic E-state index is 11.9. The van der Waals surface area contributed by atoms with Gasteiger partial charge in [0.05, 0.1) is 23.9 Å². The second kappa shape index (κ2) is 6.45. The Bertz CT molecular complexity index is 1000. The molecule has 0 aliphatic rings. The van der Waals surface area contributed by atoms with Gasteiger partial charge in [0.15, 0.2) is 0 Å². The topological polar surface area (TPSA) is 59.4 Å². The highest BCUT2D eigenvalue weighted by Gasteiger charge is 2.18. The highest BCUT2D eigenvalue weighted by Crippen LogP contribution is 2.32. The zero-order valence-electron chi connectivity index (χ0n) is 15.8. The Morgan fingerprint density at radius 3 is 2.38 bits per heavy atom. The van der Waals surface area contributed by atoms with Crippen LogP contribution in [0.5, 0.6) is 5.75 Å². The minimum absolute atomic E-state index is 0.0603. The fourth-order valence-electron chi connectivity index (χ4n) is 3.06. The monoisotopic (exact) mass is 349 g/mol. The molecule has 3 aromatic rings. The molecular weight excluding hydrogens is 326 g/mol. The van der Waals surface area contributed by atoms with Crippen LogP contribution in [0.3, 0.4) is 0 Å². The molecule has 0 radical (unpaired) electrons. The molecule has 0 unspecified atom stereocenters. The molecule has 0 saturated carbocycles. The van der Waals surface area contributed by atoms with Crippen LogP contribution in [0.15, 0.2) is 42.5 Å². The molecule has 134 valence electrons. The fraction of sp³-hybridized carbons (Fsp3) is 0.273. The maximum Gasteiger partial charge on any atom is 0.336 e. The number of aryl methyl sites for hydroxylation is 1. The van der Waals surface area contributed by atoms with E-state index in [1.165, 1.54) is 0 Å². The third-order valence-electron chi connectivity index (χ3n) is 4.61. The molecule has 1 heterocycles. The van der Waals surface area contributed by atoms with E-state index in [4.69, 9.17) is 9.72 Å². The average molecular weight is 349 g/mol. The molecule has 1 aromatic heterocycles. The number of carboxylic acids is 1. The Balaban J connectivity index is 2.25. The number of methoxy groups -OCH3 is 1. The van der Waals surface area contributed by atoms with Crippen molar-refractivity contribution in [1.29, 1.82) is 0 Å².